The van der Waals surface area contributed by atoms with Gasteiger partial charge in [0.25, 0.3) is 0 Å². The number of phenols is 1. The number of carbonyl (C=O) groups is 1. The Morgan fingerprint density at radius 3 is 2.76 bits per heavy atom. The Morgan fingerprint density at radius 2 is 2.14 bits per heavy atom. The van der Waals surface area contributed by atoms with Crippen LogP contribution in [0.1, 0.15) is 31.4 Å². The maximum Gasteiger partial charge on any atom is 0.218 e. The number of phenolic OH excluding ortho intramolecular Hbond substituents is 1. The summed E-state index contributed by atoms with van der Waals surface area (Å²) in [4.78, 5) is 10.8. The van der Waals surface area contributed by atoms with Crippen LogP contribution in [0.3, 0.4) is 0 Å². The normalized spacial score (nSPS) is 23.0. The molecule has 0 heterocycles. The monoisotopic (exact) mass is 330 g/mol. The molecule has 4 nitrogen and oxygen atoms in total. The highest BCUT2D eigenvalue weighted by Crippen LogP contribution is 2.41. The Kier molecular flexibility index (Phi) is 5.96. The summed E-state index contributed by atoms with van der Waals surface area (Å²) < 4.78 is 0. The zero-order valence-corrected chi connectivity index (χ0v) is 14.0. The molecule has 5 N–H and O–H groups in total. The van der Waals surface area contributed by atoms with Crippen molar-refractivity contribution in [1.29, 1.82) is 0 Å². The van der Waals surface area contributed by atoms with Gasteiger partial charge in [-0.15, -0.1) is 12.4 Å². The van der Waals surface area contributed by atoms with Crippen LogP contribution in [0.4, 0.5) is 0 Å². The van der Waals surface area contributed by atoms with Gasteiger partial charge in [-0.05, 0) is 29.7 Å². The van der Waals surface area contributed by atoms with Crippen LogP contribution in [0.25, 0.3) is 0 Å². The quantitative estimate of drug-likeness (QED) is 0.787. The molecule has 0 bridgehead atoms. The zero-order chi connectivity index (χ0) is 14.9. The molecule has 1 aromatic carbocycles. The van der Waals surface area contributed by atoms with E-state index < -0.39 is 0 Å². The van der Waals surface area contributed by atoms with Crippen LogP contribution in [0.15, 0.2) is 18.2 Å². The van der Waals surface area contributed by atoms with Gasteiger partial charge in [0.2, 0.25) is 5.91 Å². The first-order chi connectivity index (χ1) is 9.32. The molecule has 2 rings (SSSR count). The number of hydrogen-bond donors (Lipinski definition) is 3. The predicted molar refractivity (Wildman–Crippen MR) is 90.1 cm³/mol. The Labute approximate surface area is 136 Å². The lowest BCUT2D eigenvalue weighted by atomic mass is 9.69. The maximum atomic E-state index is 10.8. The van der Waals surface area contributed by atoms with Gasteiger partial charge in [-0.25, -0.2) is 0 Å². The van der Waals surface area contributed by atoms with Crippen molar-refractivity contribution in [2.45, 2.75) is 43.4 Å². The lowest BCUT2D eigenvalue weighted by Gasteiger charge is -2.43. The zero-order valence-electron chi connectivity index (χ0n) is 12.3. The minimum Gasteiger partial charge on any atom is -0.508 e. The van der Waals surface area contributed by atoms with E-state index in [1.165, 1.54) is 5.56 Å². The molecular weight excluding hydrogens is 308 g/mol. The third kappa shape index (κ3) is 3.84. The average Bonchev–Trinajstić information content (AvgIpc) is 2.36. The molecule has 118 valence electrons. The number of halogens is 1. The molecule has 0 saturated carbocycles. The van der Waals surface area contributed by atoms with Crippen LogP contribution in [-0.4, -0.2) is 28.1 Å². The van der Waals surface area contributed by atoms with Crippen molar-refractivity contribution in [2.24, 2.45) is 11.5 Å². The molecule has 1 aliphatic rings. The van der Waals surface area contributed by atoms with Crippen molar-refractivity contribution in [3.05, 3.63) is 29.3 Å². The highest BCUT2D eigenvalue weighted by Gasteiger charge is 2.40. The molecule has 1 aliphatic carbocycles. The predicted octanol–water partition coefficient (Wildman–Crippen LogP) is 1.95. The van der Waals surface area contributed by atoms with Gasteiger partial charge < -0.3 is 16.6 Å². The maximum absolute atomic E-state index is 10.8. The molecule has 0 spiro atoms. The van der Waals surface area contributed by atoms with Crippen molar-refractivity contribution < 1.29 is 9.90 Å². The Balaban J connectivity index is 0.00000220. The van der Waals surface area contributed by atoms with Crippen LogP contribution >= 0.6 is 24.2 Å². The van der Waals surface area contributed by atoms with E-state index >= 15 is 0 Å². The molecule has 2 atom stereocenters. The summed E-state index contributed by atoms with van der Waals surface area (Å²) in [5.41, 5.74) is 13.7. The summed E-state index contributed by atoms with van der Waals surface area (Å²) in [6.07, 6.45) is 1.25. The second kappa shape index (κ2) is 6.90. The fourth-order valence-electron chi connectivity index (χ4n) is 2.80. The second-order valence-corrected chi connectivity index (χ2v) is 7.27. The van der Waals surface area contributed by atoms with E-state index in [1.54, 1.807) is 17.8 Å². The number of primary amides is 1. The summed E-state index contributed by atoms with van der Waals surface area (Å²) in [7, 11) is 0. The van der Waals surface area contributed by atoms with E-state index in [4.69, 9.17) is 11.5 Å². The number of hydrogen-bond acceptors (Lipinski definition) is 4. The number of carbonyl (C=O) groups excluding carboxylic acids is 1. The van der Waals surface area contributed by atoms with Gasteiger partial charge in [0.15, 0.2) is 0 Å². The van der Waals surface area contributed by atoms with Crippen molar-refractivity contribution >= 4 is 30.1 Å². The van der Waals surface area contributed by atoms with E-state index in [1.807, 2.05) is 12.1 Å². The van der Waals surface area contributed by atoms with E-state index in [0.29, 0.717) is 12.2 Å². The van der Waals surface area contributed by atoms with Crippen LogP contribution < -0.4 is 11.5 Å². The summed E-state index contributed by atoms with van der Waals surface area (Å²) in [5.74, 6) is 0.715. The van der Waals surface area contributed by atoms with Crippen molar-refractivity contribution in [2.75, 3.05) is 5.75 Å². The highest BCUT2D eigenvalue weighted by molar-refractivity contribution is 8.00. The number of fused-ring (bicyclic) bond motifs is 1. The standard InChI is InChI=1S/C15H22N2O2S.ClH/c1-15(2)11-8-10(18)4-3-9(11)7-12(14(15)17)20-6-5-13(16)19;/h3-4,8,12,14,18H,5-7,17H2,1-2H3,(H2,16,19);1H/t12-,14+;/m0./s1. The number of thioether (sulfide) groups is 1. The van der Waals surface area contributed by atoms with E-state index in [9.17, 15) is 9.90 Å². The van der Waals surface area contributed by atoms with Crippen molar-refractivity contribution in [1.82, 2.24) is 0 Å². The summed E-state index contributed by atoms with van der Waals surface area (Å²) in [5, 5.41) is 9.94. The molecule has 0 fully saturated rings. The minimum atomic E-state index is -0.272. The van der Waals surface area contributed by atoms with Gasteiger partial charge in [-0.3, -0.25) is 4.79 Å². The summed E-state index contributed by atoms with van der Waals surface area (Å²) in [6, 6.07) is 5.49. The van der Waals surface area contributed by atoms with Crippen LogP contribution in [0.2, 0.25) is 0 Å². The number of amides is 1. The fraction of sp³-hybridized carbons (Fsp3) is 0.533. The molecule has 1 aromatic rings. The molecule has 21 heavy (non-hydrogen) atoms. The molecule has 6 heteroatoms. The summed E-state index contributed by atoms with van der Waals surface area (Å²) >= 11 is 1.72. The number of benzene rings is 1. The molecule has 0 aliphatic heterocycles. The molecule has 0 radical (unpaired) electrons. The van der Waals surface area contributed by atoms with Crippen molar-refractivity contribution in [3.63, 3.8) is 0 Å². The first-order valence-corrected chi connectivity index (χ1v) is 7.85. The van der Waals surface area contributed by atoms with E-state index in [-0.39, 0.29) is 40.8 Å². The Bertz CT molecular complexity index is 522. The van der Waals surface area contributed by atoms with E-state index in [2.05, 4.69) is 13.8 Å². The lowest BCUT2D eigenvalue weighted by Crippen LogP contribution is -2.52. The first-order valence-electron chi connectivity index (χ1n) is 6.80. The SMILES string of the molecule is CC1(C)c2cc(O)ccc2C[C@H](SCCC(N)=O)[C@H]1N.Cl. The first kappa shape index (κ1) is 18.1. The number of nitrogens with two attached hydrogens (primary N) is 2. The third-order valence-corrected chi connectivity index (χ3v) is 5.45. The summed E-state index contributed by atoms with van der Waals surface area (Å²) in [6.45, 7) is 4.22. The largest absolute Gasteiger partial charge is 0.508 e. The highest BCUT2D eigenvalue weighted by atomic mass is 35.5. The lowest BCUT2D eigenvalue weighted by molar-refractivity contribution is -0.117. The fourth-order valence-corrected chi connectivity index (χ4v) is 4.27. The van der Waals surface area contributed by atoms with Crippen LogP contribution in [0, 0.1) is 0 Å². The molecule has 0 saturated heterocycles. The van der Waals surface area contributed by atoms with Crippen molar-refractivity contribution in [3.8, 4) is 5.75 Å². The molecule has 0 aromatic heterocycles. The Morgan fingerprint density at radius 1 is 1.48 bits per heavy atom. The van der Waals surface area contributed by atoms with Crippen LogP contribution in [-0.2, 0) is 16.6 Å². The van der Waals surface area contributed by atoms with Crippen LogP contribution in [0.5, 0.6) is 5.75 Å². The number of rotatable bonds is 4. The van der Waals surface area contributed by atoms with Gasteiger partial charge in [0.1, 0.15) is 5.75 Å². The van der Waals surface area contributed by atoms with Gasteiger partial charge in [0.05, 0.1) is 0 Å². The molecular formula is C15H23ClN2O2S. The third-order valence-electron chi connectivity index (χ3n) is 4.12. The van der Waals surface area contributed by atoms with Gasteiger partial charge in [-0.1, -0.05) is 19.9 Å². The van der Waals surface area contributed by atoms with E-state index in [0.717, 1.165) is 12.0 Å². The molecule has 1 amide bonds. The molecule has 0 unspecified atom stereocenters. The van der Waals surface area contributed by atoms with Gasteiger partial charge in [0, 0.05) is 28.9 Å². The van der Waals surface area contributed by atoms with Gasteiger partial charge in [-0.2, -0.15) is 11.8 Å². The average molecular weight is 331 g/mol. The minimum absolute atomic E-state index is 0. The Hall–Kier alpha value is -0.910. The van der Waals surface area contributed by atoms with Gasteiger partial charge >= 0.3 is 0 Å². The number of aromatic hydroxyl groups is 1. The smallest absolute Gasteiger partial charge is 0.218 e. The second-order valence-electron chi connectivity index (χ2n) is 5.92. The topological polar surface area (TPSA) is 89.3 Å².